The van der Waals surface area contributed by atoms with Crippen LogP contribution >= 0.6 is 0 Å². The van der Waals surface area contributed by atoms with Gasteiger partial charge in [0.25, 0.3) is 0 Å². The minimum absolute atomic E-state index is 0.972. The molecule has 0 saturated heterocycles. The molecule has 0 N–H and O–H groups in total. The highest BCUT2D eigenvalue weighted by atomic mass is 14.3. The third-order valence-electron chi connectivity index (χ3n) is 9.59. The highest BCUT2D eigenvalue weighted by molar-refractivity contribution is 5.88. The first-order valence-corrected chi connectivity index (χ1v) is 16.3. The SMILES string of the molecule is Cc1ccc2c(c1)Cc1c(C3=CC=CC3)c(C)c(=Cc3ccc(-c4ccccc4)cc3)c(=Cc3ccc(-c4ccccc4)cc3)c1-2. The zero-order chi connectivity index (χ0) is 31.0. The van der Waals surface area contributed by atoms with Crippen molar-refractivity contribution in [1.29, 1.82) is 0 Å². The minimum atomic E-state index is 0.972. The van der Waals surface area contributed by atoms with Gasteiger partial charge >= 0.3 is 0 Å². The standard InChI is InChI=1S/C46H36/c1-31-17-26-41-40(27-31)30-44-45(39-15-9-10-16-39)32(2)42(28-33-18-22-37(23-19-33)35-11-5-3-6-12-35)43(46(41)44)29-34-20-24-38(25-21-34)36-13-7-4-8-14-36/h3-15,17-29H,16,30H2,1-2H3. The van der Waals surface area contributed by atoms with Crippen molar-refractivity contribution in [3.05, 3.63) is 195 Å². The average molecular weight is 589 g/mol. The summed E-state index contributed by atoms with van der Waals surface area (Å²) >= 11 is 0. The van der Waals surface area contributed by atoms with E-state index in [1.54, 1.807) is 0 Å². The van der Waals surface area contributed by atoms with Crippen molar-refractivity contribution in [3.8, 4) is 33.4 Å². The van der Waals surface area contributed by atoms with Crippen LogP contribution in [0.4, 0.5) is 0 Å². The number of aryl methyl sites for hydroxylation is 1. The molecule has 0 unspecified atom stereocenters. The van der Waals surface area contributed by atoms with Gasteiger partial charge in [0, 0.05) is 0 Å². The van der Waals surface area contributed by atoms with Crippen LogP contribution in [0.5, 0.6) is 0 Å². The molecule has 6 aromatic carbocycles. The van der Waals surface area contributed by atoms with Gasteiger partial charge in [-0.2, -0.15) is 0 Å². The number of fused-ring (bicyclic) bond motifs is 3. The molecule has 0 atom stereocenters. The quantitative estimate of drug-likeness (QED) is 0.188. The number of hydrogen-bond acceptors (Lipinski definition) is 0. The fourth-order valence-electron chi connectivity index (χ4n) is 7.31. The number of allylic oxidation sites excluding steroid dienone is 4. The van der Waals surface area contributed by atoms with E-state index in [1.807, 2.05) is 0 Å². The van der Waals surface area contributed by atoms with Crippen LogP contribution in [0.2, 0.25) is 0 Å². The lowest BCUT2D eigenvalue weighted by molar-refractivity contribution is 1.19. The number of benzene rings is 6. The topological polar surface area (TPSA) is 0 Å². The van der Waals surface area contributed by atoms with Crippen LogP contribution in [0.1, 0.15) is 45.4 Å². The molecule has 0 bridgehead atoms. The summed E-state index contributed by atoms with van der Waals surface area (Å²) in [4.78, 5) is 0. The van der Waals surface area contributed by atoms with Crippen LogP contribution in [-0.4, -0.2) is 0 Å². The van der Waals surface area contributed by atoms with E-state index < -0.39 is 0 Å². The lowest BCUT2D eigenvalue weighted by Crippen LogP contribution is -2.32. The molecule has 0 radical (unpaired) electrons. The summed E-state index contributed by atoms with van der Waals surface area (Å²) in [6.45, 7) is 4.54. The average Bonchev–Trinajstić information content (AvgIpc) is 3.76. The monoisotopic (exact) mass is 588 g/mol. The van der Waals surface area contributed by atoms with Crippen LogP contribution in [0, 0.1) is 13.8 Å². The molecule has 8 rings (SSSR count). The van der Waals surface area contributed by atoms with E-state index in [-0.39, 0.29) is 0 Å². The summed E-state index contributed by atoms with van der Waals surface area (Å²) in [6.07, 6.45) is 13.6. The number of hydrogen-bond donors (Lipinski definition) is 0. The van der Waals surface area contributed by atoms with Gasteiger partial charge in [0.2, 0.25) is 0 Å². The molecule has 0 amide bonds. The van der Waals surface area contributed by atoms with E-state index in [0.717, 1.165) is 12.8 Å². The maximum atomic E-state index is 2.42. The molecule has 2 aliphatic carbocycles. The van der Waals surface area contributed by atoms with Crippen molar-refractivity contribution < 1.29 is 0 Å². The first kappa shape index (κ1) is 28.0. The van der Waals surface area contributed by atoms with Crippen LogP contribution in [-0.2, 0) is 6.42 Å². The van der Waals surface area contributed by atoms with E-state index in [0.29, 0.717) is 0 Å². The molecule has 0 aromatic heterocycles. The predicted molar refractivity (Wildman–Crippen MR) is 196 cm³/mol. The molecule has 46 heavy (non-hydrogen) atoms. The molecule has 0 heterocycles. The van der Waals surface area contributed by atoms with Crippen LogP contribution < -0.4 is 10.4 Å². The van der Waals surface area contributed by atoms with Gasteiger partial charge in [0.1, 0.15) is 0 Å². The molecular formula is C46H36. The van der Waals surface area contributed by atoms with E-state index in [1.165, 1.54) is 88.3 Å². The van der Waals surface area contributed by atoms with Crippen LogP contribution in [0.3, 0.4) is 0 Å². The Morgan fingerprint density at radius 3 is 1.67 bits per heavy atom. The predicted octanol–water partition coefficient (Wildman–Crippen LogP) is 10.2. The zero-order valence-electron chi connectivity index (χ0n) is 26.4. The Kier molecular flexibility index (Phi) is 7.20. The summed E-state index contributed by atoms with van der Waals surface area (Å²) in [5.41, 5.74) is 18.6. The molecule has 2 aliphatic rings. The molecule has 0 fully saturated rings. The van der Waals surface area contributed by atoms with Crippen molar-refractivity contribution in [2.45, 2.75) is 26.7 Å². The third kappa shape index (κ3) is 5.17. The van der Waals surface area contributed by atoms with Crippen molar-refractivity contribution in [2.24, 2.45) is 0 Å². The van der Waals surface area contributed by atoms with Gasteiger partial charge in [-0.25, -0.2) is 0 Å². The highest BCUT2D eigenvalue weighted by Gasteiger charge is 2.26. The maximum absolute atomic E-state index is 2.42. The van der Waals surface area contributed by atoms with Crippen molar-refractivity contribution in [3.63, 3.8) is 0 Å². The summed E-state index contributed by atoms with van der Waals surface area (Å²) in [7, 11) is 0. The van der Waals surface area contributed by atoms with Gasteiger partial charge in [-0.1, -0.05) is 151 Å². The first-order valence-electron chi connectivity index (χ1n) is 16.3. The Labute approximate surface area is 272 Å². The highest BCUT2D eigenvalue weighted by Crippen LogP contribution is 2.40. The van der Waals surface area contributed by atoms with Crippen molar-refractivity contribution in [2.75, 3.05) is 0 Å². The van der Waals surface area contributed by atoms with Gasteiger partial charge in [-0.05, 0) is 122 Å². The van der Waals surface area contributed by atoms with E-state index >= 15 is 0 Å². The zero-order valence-corrected chi connectivity index (χ0v) is 26.4. The molecule has 0 heteroatoms. The fraction of sp³-hybridized carbons (Fsp3) is 0.0870. The second kappa shape index (κ2) is 11.8. The van der Waals surface area contributed by atoms with Gasteiger partial charge in [-0.3, -0.25) is 0 Å². The van der Waals surface area contributed by atoms with E-state index in [2.05, 4.69) is 172 Å². The second-order valence-corrected chi connectivity index (χ2v) is 12.6. The fourth-order valence-corrected chi connectivity index (χ4v) is 7.31. The smallest absolute Gasteiger partial charge is 0.000697 e. The largest absolute Gasteiger partial charge is 0.0801 e. The number of rotatable bonds is 5. The van der Waals surface area contributed by atoms with Gasteiger partial charge in [-0.15, -0.1) is 0 Å². The van der Waals surface area contributed by atoms with Crippen molar-refractivity contribution >= 4 is 17.7 Å². The molecule has 0 nitrogen and oxygen atoms in total. The van der Waals surface area contributed by atoms with Crippen molar-refractivity contribution in [1.82, 2.24) is 0 Å². The lowest BCUT2D eigenvalue weighted by atomic mass is 9.86. The Balaban J connectivity index is 1.38. The lowest BCUT2D eigenvalue weighted by Gasteiger charge is -2.17. The minimum Gasteiger partial charge on any atom is -0.0801 e. The van der Waals surface area contributed by atoms with Gasteiger partial charge in [0.05, 0.1) is 0 Å². The van der Waals surface area contributed by atoms with E-state index in [4.69, 9.17) is 0 Å². The Hall–Kier alpha value is -5.46. The van der Waals surface area contributed by atoms with E-state index in [9.17, 15) is 0 Å². The van der Waals surface area contributed by atoms with Gasteiger partial charge < -0.3 is 0 Å². The van der Waals surface area contributed by atoms with Gasteiger partial charge in [0.15, 0.2) is 0 Å². The maximum Gasteiger partial charge on any atom is -0.000697 e. The van der Waals surface area contributed by atoms with Crippen LogP contribution in [0.25, 0.3) is 51.1 Å². The molecule has 220 valence electrons. The molecular weight excluding hydrogens is 553 g/mol. The second-order valence-electron chi connectivity index (χ2n) is 12.6. The summed E-state index contributed by atoms with van der Waals surface area (Å²) in [6, 6.07) is 46.3. The Morgan fingerprint density at radius 2 is 1.11 bits per heavy atom. The summed E-state index contributed by atoms with van der Waals surface area (Å²) in [5.74, 6) is 0. The molecule has 6 aromatic rings. The third-order valence-corrected chi connectivity index (χ3v) is 9.59. The first-order chi connectivity index (χ1) is 22.6. The molecule has 0 spiro atoms. The summed E-state index contributed by atoms with van der Waals surface area (Å²) in [5, 5.41) is 2.61. The molecule has 0 saturated carbocycles. The Morgan fingerprint density at radius 1 is 0.543 bits per heavy atom. The summed E-state index contributed by atoms with van der Waals surface area (Å²) < 4.78 is 0. The normalized spacial score (nSPS) is 14.0. The van der Waals surface area contributed by atoms with Crippen LogP contribution in [0.15, 0.2) is 146 Å². The molecule has 0 aliphatic heterocycles. The Bertz CT molecular complexity index is 2260.